The van der Waals surface area contributed by atoms with Crippen LogP contribution in [0.4, 0.5) is 8.78 Å². The lowest BCUT2D eigenvalue weighted by molar-refractivity contribution is 0.0696. The predicted octanol–water partition coefficient (Wildman–Crippen LogP) is 9.31. The minimum atomic E-state index is -1.24. The average Bonchev–Trinajstić information content (AvgIpc) is 4.21. The number of amides is 5. The SMILES string of the molecule is Cc1c(F)cc(C(=O)NC2CC2)cc1-c1ccc(C(=O)NCC(C)(C)C)cc1C(=O)NC1CCCC1.Cc1c(F)cc(C(=O)NC2CC2)cc1-c1ccc(C(=O)NCC(C)(C)C)cc1C(=O)O. The summed E-state index contributed by atoms with van der Waals surface area (Å²) in [5.74, 6) is -4.02. The van der Waals surface area contributed by atoms with Gasteiger partial charge in [0.05, 0.1) is 5.56 Å². The molecule has 3 aliphatic carbocycles. The van der Waals surface area contributed by atoms with Crippen molar-refractivity contribution in [1.82, 2.24) is 26.6 Å². The third kappa shape index (κ3) is 13.6. The lowest BCUT2D eigenvalue weighted by Gasteiger charge is -2.20. The molecule has 0 aromatic heterocycles. The molecule has 0 aliphatic heterocycles. The summed E-state index contributed by atoms with van der Waals surface area (Å²) >= 11 is 0. The zero-order valence-corrected chi connectivity index (χ0v) is 39.7. The molecule has 3 saturated carbocycles. The number of nitrogens with one attached hydrogen (secondary N) is 5. The molecule has 3 fully saturated rings. The highest BCUT2D eigenvalue weighted by atomic mass is 19.1. The van der Waals surface area contributed by atoms with Crippen LogP contribution in [-0.4, -0.2) is 71.8 Å². The van der Waals surface area contributed by atoms with Gasteiger partial charge in [-0.25, -0.2) is 13.6 Å². The van der Waals surface area contributed by atoms with Gasteiger partial charge in [0.1, 0.15) is 11.6 Å². The highest BCUT2D eigenvalue weighted by Gasteiger charge is 2.28. The molecule has 7 rings (SSSR count). The van der Waals surface area contributed by atoms with Gasteiger partial charge in [0.25, 0.3) is 29.5 Å². The van der Waals surface area contributed by atoms with E-state index in [1.165, 1.54) is 37.3 Å². The molecule has 356 valence electrons. The lowest BCUT2D eigenvalue weighted by atomic mass is 9.91. The summed E-state index contributed by atoms with van der Waals surface area (Å²) in [5, 5.41) is 24.3. The molecule has 0 bridgehead atoms. The smallest absolute Gasteiger partial charge is 0.336 e. The first-order valence-electron chi connectivity index (χ1n) is 23.1. The van der Waals surface area contributed by atoms with Crippen LogP contribution >= 0.6 is 0 Å². The minimum Gasteiger partial charge on any atom is -0.478 e. The molecule has 5 amide bonds. The van der Waals surface area contributed by atoms with Crippen molar-refractivity contribution >= 4 is 35.5 Å². The van der Waals surface area contributed by atoms with Gasteiger partial charge in [-0.2, -0.15) is 0 Å². The third-order valence-corrected chi connectivity index (χ3v) is 11.9. The van der Waals surface area contributed by atoms with E-state index in [2.05, 4.69) is 26.6 Å². The van der Waals surface area contributed by atoms with Crippen molar-refractivity contribution in [3.8, 4) is 22.3 Å². The summed E-state index contributed by atoms with van der Waals surface area (Å²) < 4.78 is 29.6. The Balaban J connectivity index is 0.000000224. The molecule has 67 heavy (non-hydrogen) atoms. The number of hydrogen-bond acceptors (Lipinski definition) is 6. The molecule has 0 radical (unpaired) electrons. The summed E-state index contributed by atoms with van der Waals surface area (Å²) in [7, 11) is 0. The van der Waals surface area contributed by atoms with Crippen LogP contribution < -0.4 is 26.6 Å². The average molecular weight is 920 g/mol. The molecule has 6 N–H and O–H groups in total. The Hall–Kier alpha value is -6.44. The first-order chi connectivity index (χ1) is 31.5. The topological polar surface area (TPSA) is 183 Å². The van der Waals surface area contributed by atoms with Gasteiger partial charge in [-0.1, -0.05) is 66.5 Å². The summed E-state index contributed by atoms with van der Waals surface area (Å²) in [4.78, 5) is 75.8. The maximum absolute atomic E-state index is 15.0. The highest BCUT2D eigenvalue weighted by molar-refractivity contribution is 6.06. The van der Waals surface area contributed by atoms with Gasteiger partial charge in [0.15, 0.2) is 0 Å². The van der Waals surface area contributed by atoms with Crippen molar-refractivity contribution in [2.75, 3.05) is 13.1 Å². The largest absolute Gasteiger partial charge is 0.478 e. The fourth-order valence-corrected chi connectivity index (χ4v) is 7.61. The first kappa shape index (κ1) is 50.0. The molecule has 0 saturated heterocycles. The van der Waals surface area contributed by atoms with E-state index in [0.717, 1.165) is 57.4 Å². The standard InChI is InChI=1S/C29H36FN3O3.C24H27FN2O4/c1-17-23(14-19(15-25(17)30)27(35)32-21-10-11-21)22-12-9-18(26(34)31-16-29(2,3)4)13-24(22)28(36)33-20-7-5-6-8-20;1-13-18(10-15(11-20(13)25)22(29)27-16-6-7-16)17-8-5-14(9-19(17)23(30)31)21(28)26-12-24(2,3)4/h9,12-15,20-21H,5-8,10-11,16H2,1-4H3,(H,31,34)(H,32,35)(H,33,36);5,8-11,16H,6-7,12H2,1-4H3,(H,26,28)(H,27,29)(H,30,31). The van der Waals surface area contributed by atoms with Crippen molar-refractivity contribution in [3.05, 3.63) is 117 Å². The number of hydrogen-bond donors (Lipinski definition) is 6. The van der Waals surface area contributed by atoms with Gasteiger partial charge in [-0.15, -0.1) is 0 Å². The van der Waals surface area contributed by atoms with E-state index >= 15 is 0 Å². The van der Waals surface area contributed by atoms with E-state index in [0.29, 0.717) is 46.5 Å². The molecule has 4 aromatic carbocycles. The van der Waals surface area contributed by atoms with Gasteiger partial charge in [0, 0.05) is 59.0 Å². The number of carboxylic acids is 1. The van der Waals surface area contributed by atoms with E-state index < -0.39 is 23.5 Å². The molecule has 0 atom stereocenters. The number of aromatic carboxylic acids is 1. The summed E-state index contributed by atoms with van der Waals surface area (Å²) in [6, 6.07) is 15.0. The van der Waals surface area contributed by atoms with Gasteiger partial charge in [-0.05, 0) is 145 Å². The second kappa shape index (κ2) is 20.6. The maximum atomic E-state index is 15.0. The van der Waals surface area contributed by atoms with Crippen LogP contribution in [0.2, 0.25) is 0 Å². The molecule has 14 heteroatoms. The van der Waals surface area contributed by atoms with Crippen LogP contribution in [0.15, 0.2) is 60.7 Å². The van der Waals surface area contributed by atoms with Crippen molar-refractivity contribution in [1.29, 1.82) is 0 Å². The lowest BCUT2D eigenvalue weighted by Crippen LogP contribution is -2.34. The van der Waals surface area contributed by atoms with E-state index in [1.807, 2.05) is 41.5 Å². The Labute approximate surface area is 391 Å². The van der Waals surface area contributed by atoms with Crippen molar-refractivity contribution in [3.63, 3.8) is 0 Å². The van der Waals surface area contributed by atoms with E-state index in [-0.39, 0.29) is 86.0 Å². The monoisotopic (exact) mass is 919 g/mol. The third-order valence-electron chi connectivity index (χ3n) is 11.9. The maximum Gasteiger partial charge on any atom is 0.336 e. The van der Waals surface area contributed by atoms with Crippen LogP contribution in [-0.2, 0) is 0 Å². The molecule has 3 aliphatic rings. The fraction of sp³-hybridized carbons (Fsp3) is 0.434. The summed E-state index contributed by atoms with van der Waals surface area (Å²) in [5.41, 5.74) is 2.96. The van der Waals surface area contributed by atoms with Crippen molar-refractivity contribution in [2.24, 2.45) is 10.8 Å². The molecule has 0 unspecified atom stereocenters. The Bertz CT molecular complexity index is 2580. The molecular formula is C53H63F2N5O7. The molecule has 0 spiro atoms. The second-order valence-corrected chi connectivity index (χ2v) is 20.5. The van der Waals surface area contributed by atoms with Gasteiger partial charge in [0.2, 0.25) is 0 Å². The second-order valence-electron chi connectivity index (χ2n) is 20.5. The number of carbonyl (C=O) groups excluding carboxylic acids is 5. The Morgan fingerprint density at radius 1 is 0.493 bits per heavy atom. The zero-order chi connectivity index (χ0) is 49.0. The fourth-order valence-electron chi connectivity index (χ4n) is 7.61. The number of benzene rings is 4. The van der Waals surface area contributed by atoms with E-state index in [4.69, 9.17) is 0 Å². The minimum absolute atomic E-state index is 0.0808. The van der Waals surface area contributed by atoms with Crippen LogP contribution in [0.25, 0.3) is 22.3 Å². The number of halogens is 2. The Morgan fingerprint density at radius 2 is 0.866 bits per heavy atom. The summed E-state index contributed by atoms with van der Waals surface area (Å²) in [6.45, 7) is 16.1. The van der Waals surface area contributed by atoms with Gasteiger partial charge < -0.3 is 31.7 Å². The van der Waals surface area contributed by atoms with Gasteiger partial charge in [-0.3, -0.25) is 24.0 Å². The highest BCUT2D eigenvalue weighted by Crippen LogP contribution is 2.34. The zero-order valence-electron chi connectivity index (χ0n) is 39.7. The normalized spacial score (nSPS) is 14.9. The first-order valence-corrected chi connectivity index (χ1v) is 23.1. The Kier molecular flexibility index (Phi) is 15.4. The number of carbonyl (C=O) groups is 6. The van der Waals surface area contributed by atoms with Crippen LogP contribution in [0.3, 0.4) is 0 Å². The van der Waals surface area contributed by atoms with Crippen LogP contribution in [0.5, 0.6) is 0 Å². The molecular weight excluding hydrogens is 857 g/mol. The number of carboxylic acid groups (broad SMARTS) is 1. The van der Waals surface area contributed by atoms with Crippen LogP contribution in [0, 0.1) is 36.3 Å². The molecule has 12 nitrogen and oxygen atoms in total. The van der Waals surface area contributed by atoms with E-state index in [9.17, 15) is 42.7 Å². The summed E-state index contributed by atoms with van der Waals surface area (Å²) in [6.07, 6.45) is 7.61. The quantitative estimate of drug-likeness (QED) is 0.0773. The van der Waals surface area contributed by atoms with Crippen molar-refractivity contribution in [2.45, 2.75) is 125 Å². The molecule has 4 aromatic rings. The number of rotatable bonds is 13. The van der Waals surface area contributed by atoms with Crippen LogP contribution in [0.1, 0.15) is 166 Å². The van der Waals surface area contributed by atoms with E-state index in [1.54, 1.807) is 31.2 Å². The molecule has 0 heterocycles. The van der Waals surface area contributed by atoms with Gasteiger partial charge >= 0.3 is 5.97 Å². The van der Waals surface area contributed by atoms with Crippen molar-refractivity contribution < 1.29 is 42.7 Å². The predicted molar refractivity (Wildman–Crippen MR) is 254 cm³/mol. The Morgan fingerprint density at radius 3 is 1.25 bits per heavy atom.